The fraction of sp³-hybridized carbons (Fsp3) is 0.436. The maximum atomic E-state index is 8.63. The van der Waals surface area contributed by atoms with Gasteiger partial charge in [-0.15, -0.1) is 0 Å². The van der Waals surface area contributed by atoms with Crippen molar-refractivity contribution >= 4 is 48.4 Å². The molecule has 235 valence electrons. The van der Waals surface area contributed by atoms with Crippen LogP contribution in [-0.4, -0.2) is 14.0 Å². The van der Waals surface area contributed by atoms with Crippen LogP contribution in [-0.2, 0) is 15.6 Å². The summed E-state index contributed by atoms with van der Waals surface area (Å²) in [6.07, 6.45) is 8.47. The SMILES string of the molecule is CCCC(C)C1=Cc2c(C(C)CC)cccc2[CH]1[Zr]([Cl])([Cl])([CH]1C(C)=Cc2c(-c3ccc([Si](C)(C)C)cc3)cccc21)[SiH](C)C. The van der Waals surface area contributed by atoms with Crippen LogP contribution in [0.15, 0.2) is 71.8 Å². The molecule has 44 heavy (non-hydrogen) atoms. The Kier molecular flexibility index (Phi) is 9.82. The Morgan fingerprint density at radius 2 is 1.41 bits per heavy atom. The summed E-state index contributed by atoms with van der Waals surface area (Å²) >= 11 is -4.74. The number of rotatable bonds is 10. The molecule has 0 heterocycles. The van der Waals surface area contributed by atoms with Gasteiger partial charge in [0.1, 0.15) is 0 Å². The van der Waals surface area contributed by atoms with E-state index in [2.05, 4.69) is 140 Å². The Labute approximate surface area is 278 Å². The fourth-order valence-corrected chi connectivity index (χ4v) is 41.5. The summed E-state index contributed by atoms with van der Waals surface area (Å²) in [7, 11) is 15.9. The summed E-state index contributed by atoms with van der Waals surface area (Å²) in [5.41, 5.74) is 12.5. The van der Waals surface area contributed by atoms with Crippen molar-refractivity contribution in [3.05, 3.63) is 99.6 Å². The predicted octanol–water partition coefficient (Wildman–Crippen LogP) is 12.4. The van der Waals surface area contributed by atoms with E-state index in [9.17, 15) is 0 Å². The van der Waals surface area contributed by atoms with Gasteiger partial charge >= 0.3 is 280 Å². The molecule has 4 atom stereocenters. The molecule has 0 N–H and O–H groups in total. The van der Waals surface area contributed by atoms with E-state index in [1.807, 2.05) is 0 Å². The third-order valence-electron chi connectivity index (χ3n) is 11.1. The molecule has 2 aliphatic rings. The number of halogens is 2. The molecule has 4 unspecified atom stereocenters. The Morgan fingerprint density at radius 3 is 1.98 bits per heavy atom. The van der Waals surface area contributed by atoms with Gasteiger partial charge in [0.2, 0.25) is 0 Å². The van der Waals surface area contributed by atoms with Crippen LogP contribution in [0.4, 0.5) is 0 Å². The maximum absolute atomic E-state index is 8.63. The molecular weight excluding hydrogens is 687 g/mol. The molecule has 0 saturated heterocycles. The van der Waals surface area contributed by atoms with Crippen molar-refractivity contribution in [2.75, 3.05) is 0 Å². The molecule has 3 aromatic rings. The van der Waals surface area contributed by atoms with E-state index in [0.717, 1.165) is 6.42 Å². The van der Waals surface area contributed by atoms with E-state index in [0.29, 0.717) is 11.8 Å². The number of hydrogen-bond acceptors (Lipinski definition) is 0. The topological polar surface area (TPSA) is 0 Å². The summed E-state index contributed by atoms with van der Waals surface area (Å²) in [6, 6.07) is 23.3. The first-order valence-corrected chi connectivity index (χ1v) is 36.8. The zero-order valence-electron chi connectivity index (χ0n) is 28.7. The Balaban J connectivity index is 1.72. The van der Waals surface area contributed by atoms with Crippen LogP contribution in [0, 0.1) is 5.92 Å². The van der Waals surface area contributed by atoms with E-state index in [4.69, 9.17) is 17.0 Å². The average molecular weight is 740 g/mol. The molecule has 0 aliphatic heterocycles. The minimum absolute atomic E-state index is 0.128. The molecule has 0 nitrogen and oxygen atoms in total. The summed E-state index contributed by atoms with van der Waals surface area (Å²) in [6.45, 7) is 23.9. The van der Waals surface area contributed by atoms with E-state index >= 15 is 0 Å². The van der Waals surface area contributed by atoms with Crippen LogP contribution in [0.2, 0.25) is 32.7 Å². The van der Waals surface area contributed by atoms with Crippen molar-refractivity contribution in [3.8, 4) is 11.1 Å². The summed E-state index contributed by atoms with van der Waals surface area (Å²) < 4.78 is 0.286. The average Bonchev–Trinajstić information content (AvgIpc) is 3.55. The van der Waals surface area contributed by atoms with Crippen LogP contribution < -0.4 is 5.19 Å². The Hall–Kier alpha value is -0.963. The quantitative estimate of drug-likeness (QED) is 0.182. The molecule has 0 fully saturated rings. The van der Waals surface area contributed by atoms with Crippen molar-refractivity contribution in [2.24, 2.45) is 5.92 Å². The van der Waals surface area contributed by atoms with Crippen molar-refractivity contribution in [3.63, 3.8) is 0 Å². The third-order valence-corrected chi connectivity index (χ3v) is 65.1. The molecular formula is C39H53Cl2Si2Zr. The molecule has 5 heteroatoms. The number of fused-ring (bicyclic) bond motifs is 2. The number of benzene rings is 3. The van der Waals surface area contributed by atoms with Gasteiger partial charge in [0.15, 0.2) is 0 Å². The summed E-state index contributed by atoms with van der Waals surface area (Å²) in [5, 5.41) is 1.50. The van der Waals surface area contributed by atoms with E-state index in [1.54, 1.807) is 0 Å². The number of allylic oxidation sites excluding steroid dienone is 2. The zero-order chi connectivity index (χ0) is 32.2. The summed E-state index contributed by atoms with van der Waals surface area (Å²) in [4.78, 5) is 0. The summed E-state index contributed by atoms with van der Waals surface area (Å²) in [5.74, 6) is -0.609. The number of hydrogen-bond donors (Lipinski definition) is 0. The van der Waals surface area contributed by atoms with Gasteiger partial charge in [-0.2, -0.15) is 0 Å². The first kappa shape index (κ1) is 34.4. The minimum atomic E-state index is -4.74. The van der Waals surface area contributed by atoms with Crippen LogP contribution in [0.3, 0.4) is 0 Å². The van der Waals surface area contributed by atoms with Gasteiger partial charge in [0.05, 0.1) is 0 Å². The molecule has 0 spiro atoms. The van der Waals surface area contributed by atoms with E-state index in [-0.39, 0.29) is 7.25 Å². The van der Waals surface area contributed by atoms with Gasteiger partial charge in [-0.3, -0.25) is 0 Å². The van der Waals surface area contributed by atoms with Gasteiger partial charge in [-0.05, 0) is 0 Å². The molecule has 0 saturated carbocycles. The molecule has 3 aromatic carbocycles. The van der Waals surface area contributed by atoms with E-state index in [1.165, 1.54) is 68.1 Å². The first-order chi connectivity index (χ1) is 20.6. The van der Waals surface area contributed by atoms with Gasteiger partial charge in [0.25, 0.3) is 0 Å². The zero-order valence-corrected chi connectivity index (χ0v) is 34.8. The second-order valence-electron chi connectivity index (χ2n) is 15.3. The fourth-order valence-electron chi connectivity index (χ4n) is 8.26. The first-order valence-electron chi connectivity index (χ1n) is 17.0. The predicted molar refractivity (Wildman–Crippen MR) is 202 cm³/mol. The normalized spacial score (nSPS) is 20.4. The second kappa shape index (κ2) is 12.6. The van der Waals surface area contributed by atoms with Gasteiger partial charge < -0.3 is 0 Å². The third kappa shape index (κ3) is 5.64. The van der Waals surface area contributed by atoms with Crippen molar-refractivity contribution < 1.29 is 15.6 Å². The van der Waals surface area contributed by atoms with Gasteiger partial charge in [0, 0.05) is 0 Å². The van der Waals surface area contributed by atoms with Crippen LogP contribution in [0.1, 0.15) is 94.9 Å². The standard InChI is InChI=1S/C19H21Si.C18H25.C2H7Si.2ClH.Zr/c1-14-12-16-6-5-7-18(19(16)13-14)15-8-10-17(11-9-15)20(2,3)4;1-5-8-14(4)16-11-15-9-7-10-17(13(3)6-2)18(15)12-16;1-3-2;;;/h5-13H,1-4H3;7,9-14H,5-6,8H2,1-4H3;3H,1-2H3;2*1H;/q;;;;;+2/p-2. The molecule has 0 bridgehead atoms. The van der Waals surface area contributed by atoms with Gasteiger partial charge in [-0.1, -0.05) is 0 Å². The molecule has 0 radical (unpaired) electrons. The Bertz CT molecular complexity index is 1610. The molecule has 0 aromatic heterocycles. The second-order valence-corrected chi connectivity index (χ2v) is 62.8. The van der Waals surface area contributed by atoms with Crippen molar-refractivity contribution in [1.82, 2.24) is 0 Å². The van der Waals surface area contributed by atoms with Crippen molar-refractivity contribution in [1.29, 1.82) is 0 Å². The van der Waals surface area contributed by atoms with Crippen LogP contribution in [0.25, 0.3) is 23.3 Å². The molecule has 2 aliphatic carbocycles. The molecule has 5 rings (SSSR count). The molecule has 0 amide bonds. The van der Waals surface area contributed by atoms with Crippen LogP contribution >= 0.6 is 17.0 Å². The van der Waals surface area contributed by atoms with Crippen molar-refractivity contribution in [2.45, 2.75) is 99.8 Å². The van der Waals surface area contributed by atoms with E-state index < -0.39 is 29.6 Å². The Morgan fingerprint density at radius 1 is 0.795 bits per heavy atom. The monoisotopic (exact) mass is 737 g/mol. The van der Waals surface area contributed by atoms with Crippen LogP contribution in [0.5, 0.6) is 0 Å². The van der Waals surface area contributed by atoms with Gasteiger partial charge in [-0.25, -0.2) is 0 Å².